The van der Waals surface area contributed by atoms with Crippen LogP contribution in [0, 0.1) is 5.82 Å². The van der Waals surface area contributed by atoms with Gasteiger partial charge in [-0.1, -0.05) is 12.1 Å². The molecule has 1 heterocycles. The topological polar surface area (TPSA) is 46.9 Å². The number of nitrogens with zero attached hydrogens (tertiary/aromatic N) is 2. The number of halogens is 1. The molecule has 1 N–H and O–H groups in total. The summed E-state index contributed by atoms with van der Waals surface area (Å²) in [4.78, 5) is 11.8. The van der Waals surface area contributed by atoms with Crippen LogP contribution in [0.25, 0.3) is 0 Å². The van der Waals surface area contributed by atoms with Crippen molar-refractivity contribution in [1.29, 1.82) is 0 Å². The second-order valence-electron chi connectivity index (χ2n) is 4.22. The number of aromatic nitrogens is 2. The molecule has 0 aliphatic rings. The van der Waals surface area contributed by atoms with E-state index in [4.69, 9.17) is 0 Å². The van der Waals surface area contributed by atoms with Gasteiger partial charge in [0.2, 0.25) is 5.91 Å². The van der Waals surface area contributed by atoms with Gasteiger partial charge in [0.1, 0.15) is 5.82 Å². The minimum atomic E-state index is -0.295. The maximum atomic E-state index is 12.7. The van der Waals surface area contributed by atoms with Crippen molar-refractivity contribution in [1.82, 2.24) is 15.1 Å². The van der Waals surface area contributed by atoms with Crippen LogP contribution >= 0.6 is 0 Å². The van der Waals surface area contributed by atoms with Crippen LogP contribution in [0.4, 0.5) is 4.39 Å². The molecule has 0 saturated heterocycles. The van der Waals surface area contributed by atoms with E-state index in [0.29, 0.717) is 6.54 Å². The lowest BCUT2D eigenvalue weighted by atomic mass is 10.1. The van der Waals surface area contributed by atoms with Crippen LogP contribution in [-0.2, 0) is 24.3 Å². The monoisotopic (exact) mass is 261 g/mol. The Morgan fingerprint density at radius 1 is 1.32 bits per heavy atom. The number of carbonyl (C=O) groups is 1. The van der Waals surface area contributed by atoms with Gasteiger partial charge in [-0.3, -0.25) is 9.48 Å². The standard InChI is InChI=1S/C14H16FN3O/c1-2-18-13(7-8-17-18)10-16-14(19)9-11-3-5-12(15)6-4-11/h3-8H,2,9-10H2,1H3,(H,16,19). The first-order chi connectivity index (χ1) is 9.19. The van der Waals surface area contributed by atoms with Gasteiger partial charge in [-0.2, -0.15) is 5.10 Å². The average Bonchev–Trinajstić information content (AvgIpc) is 2.86. The van der Waals surface area contributed by atoms with Crippen LogP contribution in [0.2, 0.25) is 0 Å². The number of aryl methyl sites for hydroxylation is 1. The highest BCUT2D eigenvalue weighted by Crippen LogP contribution is 2.04. The van der Waals surface area contributed by atoms with E-state index in [1.165, 1.54) is 12.1 Å². The van der Waals surface area contributed by atoms with E-state index in [9.17, 15) is 9.18 Å². The molecule has 0 radical (unpaired) electrons. The van der Waals surface area contributed by atoms with Crippen molar-refractivity contribution in [2.75, 3.05) is 0 Å². The smallest absolute Gasteiger partial charge is 0.224 e. The normalized spacial score (nSPS) is 10.4. The molecule has 0 aliphatic carbocycles. The summed E-state index contributed by atoms with van der Waals surface area (Å²) in [6.45, 7) is 3.22. The van der Waals surface area contributed by atoms with Crippen molar-refractivity contribution >= 4 is 5.91 Å². The summed E-state index contributed by atoms with van der Waals surface area (Å²) in [7, 11) is 0. The van der Waals surface area contributed by atoms with Gasteiger partial charge in [0.05, 0.1) is 18.7 Å². The van der Waals surface area contributed by atoms with Crippen molar-refractivity contribution in [3.8, 4) is 0 Å². The van der Waals surface area contributed by atoms with Gasteiger partial charge >= 0.3 is 0 Å². The maximum Gasteiger partial charge on any atom is 0.224 e. The highest BCUT2D eigenvalue weighted by molar-refractivity contribution is 5.78. The first-order valence-electron chi connectivity index (χ1n) is 6.21. The molecule has 5 heteroatoms. The number of hydrogen-bond donors (Lipinski definition) is 1. The third-order valence-electron chi connectivity index (χ3n) is 2.85. The molecule has 0 unspecified atom stereocenters. The Bertz CT molecular complexity index is 548. The molecule has 1 amide bonds. The number of rotatable bonds is 5. The van der Waals surface area contributed by atoms with Crippen LogP contribution in [0.3, 0.4) is 0 Å². The number of amides is 1. The first-order valence-corrected chi connectivity index (χ1v) is 6.21. The van der Waals surface area contributed by atoms with Gasteiger partial charge in [-0.15, -0.1) is 0 Å². The molecule has 19 heavy (non-hydrogen) atoms. The minimum absolute atomic E-state index is 0.0875. The zero-order valence-electron chi connectivity index (χ0n) is 10.8. The second-order valence-corrected chi connectivity index (χ2v) is 4.22. The summed E-state index contributed by atoms with van der Waals surface area (Å²) in [5.74, 6) is -0.383. The zero-order chi connectivity index (χ0) is 13.7. The first kappa shape index (κ1) is 13.3. The predicted molar refractivity (Wildman–Crippen MR) is 69.9 cm³/mol. The Morgan fingerprint density at radius 2 is 2.05 bits per heavy atom. The van der Waals surface area contributed by atoms with Crippen molar-refractivity contribution in [3.63, 3.8) is 0 Å². The second kappa shape index (κ2) is 6.13. The van der Waals surface area contributed by atoms with E-state index in [0.717, 1.165) is 17.8 Å². The molecular weight excluding hydrogens is 245 g/mol. The van der Waals surface area contributed by atoms with Crippen molar-refractivity contribution in [2.45, 2.75) is 26.4 Å². The molecule has 4 nitrogen and oxygen atoms in total. The van der Waals surface area contributed by atoms with Crippen molar-refractivity contribution in [2.24, 2.45) is 0 Å². The molecule has 2 rings (SSSR count). The third-order valence-corrected chi connectivity index (χ3v) is 2.85. The molecular formula is C14H16FN3O. The third kappa shape index (κ3) is 3.64. The fraction of sp³-hybridized carbons (Fsp3) is 0.286. The summed E-state index contributed by atoms with van der Waals surface area (Å²) < 4.78 is 14.6. The fourth-order valence-electron chi connectivity index (χ4n) is 1.83. The summed E-state index contributed by atoms with van der Waals surface area (Å²) >= 11 is 0. The SMILES string of the molecule is CCn1nccc1CNC(=O)Cc1ccc(F)cc1. The van der Waals surface area contributed by atoms with Crippen molar-refractivity contribution < 1.29 is 9.18 Å². The molecule has 2 aromatic rings. The van der Waals surface area contributed by atoms with Crippen LogP contribution < -0.4 is 5.32 Å². The molecule has 0 atom stereocenters. The van der Waals surface area contributed by atoms with E-state index in [1.807, 2.05) is 17.7 Å². The van der Waals surface area contributed by atoms with E-state index >= 15 is 0 Å². The van der Waals surface area contributed by atoms with Crippen molar-refractivity contribution in [3.05, 3.63) is 53.6 Å². The zero-order valence-corrected chi connectivity index (χ0v) is 10.8. The number of nitrogens with one attached hydrogen (secondary N) is 1. The van der Waals surface area contributed by atoms with E-state index < -0.39 is 0 Å². The van der Waals surface area contributed by atoms with Crippen LogP contribution in [0.15, 0.2) is 36.5 Å². The van der Waals surface area contributed by atoms with E-state index in [2.05, 4.69) is 10.4 Å². The van der Waals surface area contributed by atoms with Gasteiger partial charge in [0.25, 0.3) is 0 Å². The molecule has 0 fully saturated rings. The molecule has 100 valence electrons. The quantitative estimate of drug-likeness (QED) is 0.893. The van der Waals surface area contributed by atoms with Gasteiger partial charge in [-0.05, 0) is 30.7 Å². The molecule has 0 bridgehead atoms. The molecule has 1 aromatic heterocycles. The fourth-order valence-corrected chi connectivity index (χ4v) is 1.83. The summed E-state index contributed by atoms with van der Waals surface area (Å²) in [5.41, 5.74) is 1.76. The lowest BCUT2D eigenvalue weighted by Gasteiger charge is -2.07. The Labute approximate surface area is 111 Å². The Kier molecular flexibility index (Phi) is 4.28. The van der Waals surface area contributed by atoms with Gasteiger partial charge < -0.3 is 5.32 Å². The molecule has 1 aromatic carbocycles. The van der Waals surface area contributed by atoms with E-state index in [1.54, 1.807) is 18.3 Å². The highest BCUT2D eigenvalue weighted by Gasteiger charge is 2.05. The van der Waals surface area contributed by atoms with Crippen LogP contribution in [-0.4, -0.2) is 15.7 Å². The molecule has 0 aliphatic heterocycles. The summed E-state index contributed by atoms with van der Waals surface area (Å²) in [5, 5.41) is 6.96. The van der Waals surface area contributed by atoms with Gasteiger partial charge in [0, 0.05) is 12.7 Å². The predicted octanol–water partition coefficient (Wildman–Crippen LogP) is 1.90. The lowest BCUT2D eigenvalue weighted by molar-refractivity contribution is -0.120. The number of benzene rings is 1. The Morgan fingerprint density at radius 3 is 2.74 bits per heavy atom. The molecule has 0 saturated carbocycles. The number of hydrogen-bond acceptors (Lipinski definition) is 2. The summed E-state index contributed by atoms with van der Waals surface area (Å²) in [6.07, 6.45) is 1.96. The summed E-state index contributed by atoms with van der Waals surface area (Å²) in [6, 6.07) is 7.82. The highest BCUT2D eigenvalue weighted by atomic mass is 19.1. The van der Waals surface area contributed by atoms with Gasteiger partial charge in [0.15, 0.2) is 0 Å². The molecule has 0 spiro atoms. The maximum absolute atomic E-state index is 12.7. The van der Waals surface area contributed by atoms with E-state index in [-0.39, 0.29) is 18.1 Å². The number of carbonyl (C=O) groups excluding carboxylic acids is 1. The van der Waals surface area contributed by atoms with Crippen LogP contribution in [0.1, 0.15) is 18.2 Å². The Hall–Kier alpha value is -2.17. The van der Waals surface area contributed by atoms with Gasteiger partial charge in [-0.25, -0.2) is 4.39 Å². The lowest BCUT2D eigenvalue weighted by Crippen LogP contribution is -2.25. The average molecular weight is 261 g/mol. The Balaban J connectivity index is 1.86. The minimum Gasteiger partial charge on any atom is -0.350 e. The van der Waals surface area contributed by atoms with Crippen LogP contribution in [0.5, 0.6) is 0 Å². The largest absolute Gasteiger partial charge is 0.350 e.